The van der Waals surface area contributed by atoms with Crippen LogP contribution in [0.2, 0.25) is 0 Å². The van der Waals surface area contributed by atoms with Crippen molar-refractivity contribution >= 4 is 23.1 Å². The zero-order chi connectivity index (χ0) is 23.5. The first-order chi connectivity index (χ1) is 16.0. The molecule has 0 saturated carbocycles. The van der Waals surface area contributed by atoms with Gasteiger partial charge >= 0.3 is 0 Å². The number of benzene rings is 3. The first kappa shape index (κ1) is 22.1. The molecule has 3 aromatic rings. The van der Waals surface area contributed by atoms with Gasteiger partial charge < -0.3 is 14.6 Å². The topological polar surface area (TPSA) is 76.1 Å². The van der Waals surface area contributed by atoms with Gasteiger partial charge in [-0.25, -0.2) is 0 Å². The monoisotopic (exact) mass is 443 g/mol. The van der Waals surface area contributed by atoms with E-state index < -0.39 is 17.7 Å². The number of Topliss-reactive ketones (excluding diaryl/α,β-unsaturated/α-hetero) is 1. The Hall–Kier alpha value is -4.06. The number of anilines is 1. The lowest BCUT2D eigenvalue weighted by molar-refractivity contribution is -0.132. The molecule has 0 bridgehead atoms. The number of ketones is 1. The van der Waals surface area contributed by atoms with E-state index >= 15 is 0 Å². The highest BCUT2D eigenvalue weighted by atomic mass is 16.5. The Morgan fingerprint density at radius 2 is 1.73 bits per heavy atom. The number of amides is 1. The fourth-order valence-corrected chi connectivity index (χ4v) is 4.12. The first-order valence-electron chi connectivity index (χ1n) is 10.7. The molecule has 0 aliphatic carbocycles. The maximum atomic E-state index is 13.3. The molecule has 1 atom stereocenters. The Balaban J connectivity index is 1.94. The highest BCUT2D eigenvalue weighted by molar-refractivity contribution is 6.51. The third kappa shape index (κ3) is 4.07. The minimum atomic E-state index is -0.811. The van der Waals surface area contributed by atoms with Crippen LogP contribution in [0, 0.1) is 6.92 Å². The van der Waals surface area contributed by atoms with Crippen LogP contribution in [0.4, 0.5) is 5.69 Å². The normalized spacial score (nSPS) is 17.3. The Morgan fingerprint density at radius 3 is 2.39 bits per heavy atom. The van der Waals surface area contributed by atoms with E-state index in [-0.39, 0.29) is 11.3 Å². The van der Waals surface area contributed by atoms with Gasteiger partial charge in [0.05, 0.1) is 25.3 Å². The van der Waals surface area contributed by atoms with Gasteiger partial charge in [-0.1, -0.05) is 30.3 Å². The van der Waals surface area contributed by atoms with Gasteiger partial charge in [-0.3, -0.25) is 14.5 Å². The molecule has 3 aromatic carbocycles. The van der Waals surface area contributed by atoms with Crippen molar-refractivity contribution in [2.24, 2.45) is 0 Å². The van der Waals surface area contributed by atoms with Crippen molar-refractivity contribution in [3.8, 4) is 11.5 Å². The third-order valence-electron chi connectivity index (χ3n) is 5.65. The molecule has 0 spiro atoms. The van der Waals surface area contributed by atoms with Gasteiger partial charge in [0.2, 0.25) is 0 Å². The standard InChI is InChI=1S/C27H25NO5/c1-4-33-21-12-8-9-18(16-21)24-23(25(29)22-14-13-20(32-3)15-17(22)2)26(30)27(31)28(24)19-10-6-5-7-11-19/h5-16,24,29H,4H2,1-3H3/b25-23+. The Morgan fingerprint density at radius 1 is 0.970 bits per heavy atom. The Bertz CT molecular complexity index is 1230. The van der Waals surface area contributed by atoms with Crippen LogP contribution >= 0.6 is 0 Å². The van der Waals surface area contributed by atoms with E-state index in [9.17, 15) is 14.7 Å². The van der Waals surface area contributed by atoms with E-state index in [0.717, 1.165) is 5.56 Å². The lowest BCUT2D eigenvalue weighted by Crippen LogP contribution is -2.29. The minimum absolute atomic E-state index is 0.0331. The van der Waals surface area contributed by atoms with Gasteiger partial charge in [-0.05, 0) is 67.4 Å². The van der Waals surface area contributed by atoms with Crippen LogP contribution in [0.5, 0.6) is 11.5 Å². The van der Waals surface area contributed by atoms with E-state index in [1.54, 1.807) is 55.6 Å². The van der Waals surface area contributed by atoms with Crippen molar-refractivity contribution in [3.63, 3.8) is 0 Å². The molecule has 1 aliphatic rings. The Labute approximate surface area is 192 Å². The van der Waals surface area contributed by atoms with E-state index in [4.69, 9.17) is 9.47 Å². The molecule has 6 nitrogen and oxygen atoms in total. The molecular formula is C27H25NO5. The van der Waals surface area contributed by atoms with Crippen LogP contribution in [0.3, 0.4) is 0 Å². The lowest BCUT2D eigenvalue weighted by atomic mass is 9.93. The van der Waals surface area contributed by atoms with Gasteiger partial charge in [0.15, 0.2) is 0 Å². The molecular weight excluding hydrogens is 418 g/mol. The number of ether oxygens (including phenoxy) is 2. The summed E-state index contributed by atoms with van der Waals surface area (Å²) in [4.78, 5) is 27.9. The van der Waals surface area contributed by atoms with E-state index in [1.807, 2.05) is 38.1 Å². The number of rotatable bonds is 6. The van der Waals surface area contributed by atoms with Gasteiger partial charge in [0.25, 0.3) is 11.7 Å². The summed E-state index contributed by atoms with van der Waals surface area (Å²) in [6.07, 6.45) is 0. The van der Waals surface area contributed by atoms with Crippen LogP contribution in [0.1, 0.15) is 29.7 Å². The molecule has 1 unspecified atom stereocenters. The molecule has 1 N–H and O–H groups in total. The van der Waals surface area contributed by atoms with Crippen molar-refractivity contribution in [2.75, 3.05) is 18.6 Å². The molecule has 33 heavy (non-hydrogen) atoms. The van der Waals surface area contributed by atoms with E-state index in [1.165, 1.54) is 4.90 Å². The summed E-state index contributed by atoms with van der Waals surface area (Å²) < 4.78 is 10.9. The third-order valence-corrected chi connectivity index (χ3v) is 5.65. The average molecular weight is 443 g/mol. The summed E-state index contributed by atoms with van der Waals surface area (Å²) >= 11 is 0. The molecule has 4 rings (SSSR count). The van der Waals surface area contributed by atoms with Crippen LogP contribution < -0.4 is 14.4 Å². The van der Waals surface area contributed by atoms with Crippen LogP contribution in [0.25, 0.3) is 5.76 Å². The predicted octanol–water partition coefficient (Wildman–Crippen LogP) is 5.03. The highest BCUT2D eigenvalue weighted by Crippen LogP contribution is 2.43. The predicted molar refractivity (Wildman–Crippen MR) is 127 cm³/mol. The highest BCUT2D eigenvalue weighted by Gasteiger charge is 2.47. The molecule has 1 saturated heterocycles. The molecule has 1 amide bonds. The summed E-state index contributed by atoms with van der Waals surface area (Å²) in [5, 5.41) is 11.3. The molecule has 6 heteroatoms. The van der Waals surface area contributed by atoms with Crippen molar-refractivity contribution in [1.29, 1.82) is 0 Å². The summed E-state index contributed by atoms with van der Waals surface area (Å²) in [6, 6.07) is 20.6. The minimum Gasteiger partial charge on any atom is -0.507 e. The average Bonchev–Trinajstić information content (AvgIpc) is 3.10. The molecule has 1 heterocycles. The summed E-state index contributed by atoms with van der Waals surface area (Å²) in [5.74, 6) is -0.401. The SMILES string of the molecule is CCOc1cccc(C2/C(=C(\O)c3ccc(OC)cc3C)C(=O)C(=O)N2c2ccccc2)c1. The number of aliphatic hydroxyl groups is 1. The zero-order valence-corrected chi connectivity index (χ0v) is 18.7. The van der Waals surface area contributed by atoms with Crippen LogP contribution in [-0.4, -0.2) is 30.5 Å². The molecule has 1 aliphatic heterocycles. The number of carbonyl (C=O) groups is 2. The number of para-hydroxylation sites is 1. The van der Waals surface area contributed by atoms with Gasteiger partial charge in [0, 0.05) is 11.3 Å². The summed E-state index contributed by atoms with van der Waals surface area (Å²) in [7, 11) is 1.56. The van der Waals surface area contributed by atoms with Crippen molar-refractivity contribution in [3.05, 3.63) is 95.1 Å². The second kappa shape index (κ2) is 9.20. The zero-order valence-electron chi connectivity index (χ0n) is 18.7. The van der Waals surface area contributed by atoms with Crippen LogP contribution in [0.15, 0.2) is 78.4 Å². The van der Waals surface area contributed by atoms with Crippen molar-refractivity contribution in [1.82, 2.24) is 0 Å². The second-order valence-electron chi connectivity index (χ2n) is 7.69. The van der Waals surface area contributed by atoms with Gasteiger partial charge in [-0.15, -0.1) is 0 Å². The van der Waals surface area contributed by atoms with E-state index in [0.29, 0.717) is 34.9 Å². The molecule has 0 radical (unpaired) electrons. The number of hydrogen-bond donors (Lipinski definition) is 1. The molecule has 1 fully saturated rings. The number of carbonyl (C=O) groups excluding carboxylic acids is 2. The number of methoxy groups -OCH3 is 1. The van der Waals surface area contributed by atoms with Gasteiger partial charge in [-0.2, -0.15) is 0 Å². The quantitative estimate of drug-likeness (QED) is 0.329. The first-order valence-corrected chi connectivity index (χ1v) is 10.7. The maximum absolute atomic E-state index is 13.3. The van der Waals surface area contributed by atoms with Crippen molar-refractivity contribution < 1.29 is 24.2 Å². The smallest absolute Gasteiger partial charge is 0.300 e. The number of aliphatic hydroxyl groups excluding tert-OH is 1. The Kier molecular flexibility index (Phi) is 6.18. The second-order valence-corrected chi connectivity index (χ2v) is 7.69. The maximum Gasteiger partial charge on any atom is 0.300 e. The fraction of sp³-hybridized carbons (Fsp3) is 0.185. The van der Waals surface area contributed by atoms with Crippen molar-refractivity contribution in [2.45, 2.75) is 19.9 Å². The fourth-order valence-electron chi connectivity index (χ4n) is 4.12. The summed E-state index contributed by atoms with van der Waals surface area (Å²) in [5.41, 5.74) is 2.45. The van der Waals surface area contributed by atoms with Gasteiger partial charge in [0.1, 0.15) is 17.3 Å². The van der Waals surface area contributed by atoms with E-state index in [2.05, 4.69) is 0 Å². The largest absolute Gasteiger partial charge is 0.507 e. The number of aryl methyl sites for hydroxylation is 1. The molecule has 168 valence electrons. The number of hydrogen-bond acceptors (Lipinski definition) is 5. The lowest BCUT2D eigenvalue weighted by Gasteiger charge is -2.26. The molecule has 0 aromatic heterocycles. The summed E-state index contributed by atoms with van der Waals surface area (Å²) in [6.45, 7) is 4.18. The van der Waals surface area contributed by atoms with Crippen LogP contribution in [-0.2, 0) is 9.59 Å². The number of nitrogens with zero attached hydrogens (tertiary/aromatic N) is 1.